The zero-order valence-corrected chi connectivity index (χ0v) is 9.47. The van der Waals surface area contributed by atoms with Crippen molar-refractivity contribution in [3.8, 4) is 0 Å². The molecule has 1 N–H and O–H groups in total. The van der Waals surface area contributed by atoms with Crippen LogP contribution in [0.25, 0.3) is 0 Å². The van der Waals surface area contributed by atoms with Crippen LogP contribution in [0.1, 0.15) is 16.9 Å². The number of aryl methyl sites for hydroxylation is 1. The summed E-state index contributed by atoms with van der Waals surface area (Å²) in [4.78, 5) is 0. The second-order valence-corrected chi connectivity index (χ2v) is 3.87. The van der Waals surface area contributed by atoms with Crippen LogP contribution in [0.2, 0.25) is 0 Å². The standard InChI is InChI=1S/C13H13F2NO/c1-9-4-5-17-13(9)8-16-7-10-6-11(14)2-3-12(10)15/h2-6,16H,7-8H2,1H3. The number of halogens is 2. The Kier molecular flexibility index (Phi) is 3.54. The molecule has 90 valence electrons. The fourth-order valence-corrected chi connectivity index (χ4v) is 1.57. The highest BCUT2D eigenvalue weighted by molar-refractivity contribution is 5.19. The van der Waals surface area contributed by atoms with Crippen LogP contribution in [-0.2, 0) is 13.1 Å². The first-order chi connectivity index (χ1) is 8.16. The molecule has 0 saturated heterocycles. The minimum atomic E-state index is -0.433. The lowest BCUT2D eigenvalue weighted by Gasteiger charge is -2.05. The van der Waals surface area contributed by atoms with Crippen molar-refractivity contribution in [3.63, 3.8) is 0 Å². The molecule has 0 unspecified atom stereocenters. The highest BCUT2D eigenvalue weighted by Gasteiger charge is 2.05. The van der Waals surface area contributed by atoms with Gasteiger partial charge in [-0.2, -0.15) is 0 Å². The van der Waals surface area contributed by atoms with Crippen LogP contribution in [0.5, 0.6) is 0 Å². The van der Waals surface area contributed by atoms with Crippen molar-refractivity contribution in [2.75, 3.05) is 0 Å². The topological polar surface area (TPSA) is 25.2 Å². The Labute approximate surface area is 98.3 Å². The number of rotatable bonds is 4. The van der Waals surface area contributed by atoms with Crippen LogP contribution >= 0.6 is 0 Å². The summed E-state index contributed by atoms with van der Waals surface area (Å²) < 4.78 is 31.4. The maximum Gasteiger partial charge on any atom is 0.127 e. The van der Waals surface area contributed by atoms with E-state index in [1.807, 2.05) is 13.0 Å². The molecule has 1 aromatic carbocycles. The lowest BCUT2D eigenvalue weighted by Crippen LogP contribution is -2.14. The molecule has 4 heteroatoms. The first kappa shape index (κ1) is 11.8. The van der Waals surface area contributed by atoms with Crippen LogP contribution in [0.15, 0.2) is 34.9 Å². The Morgan fingerprint density at radius 1 is 1.18 bits per heavy atom. The monoisotopic (exact) mass is 237 g/mol. The van der Waals surface area contributed by atoms with Gasteiger partial charge in [0.15, 0.2) is 0 Å². The third-order valence-electron chi connectivity index (χ3n) is 2.58. The van der Waals surface area contributed by atoms with E-state index in [4.69, 9.17) is 4.42 Å². The van der Waals surface area contributed by atoms with Crippen molar-refractivity contribution >= 4 is 0 Å². The molecule has 1 heterocycles. The zero-order chi connectivity index (χ0) is 12.3. The molecular formula is C13H13F2NO. The second-order valence-electron chi connectivity index (χ2n) is 3.87. The van der Waals surface area contributed by atoms with Gasteiger partial charge in [0, 0.05) is 12.1 Å². The van der Waals surface area contributed by atoms with E-state index in [0.29, 0.717) is 12.1 Å². The van der Waals surface area contributed by atoms with Crippen molar-refractivity contribution in [2.45, 2.75) is 20.0 Å². The molecule has 2 rings (SSSR count). The molecule has 0 amide bonds. The molecule has 0 saturated carbocycles. The molecule has 17 heavy (non-hydrogen) atoms. The van der Waals surface area contributed by atoms with Gasteiger partial charge in [0.1, 0.15) is 17.4 Å². The van der Waals surface area contributed by atoms with E-state index in [1.165, 1.54) is 6.07 Å². The van der Waals surface area contributed by atoms with E-state index < -0.39 is 11.6 Å². The summed E-state index contributed by atoms with van der Waals surface area (Å²) in [5, 5.41) is 3.01. The zero-order valence-electron chi connectivity index (χ0n) is 9.47. The number of benzene rings is 1. The van der Waals surface area contributed by atoms with Gasteiger partial charge in [-0.05, 0) is 36.8 Å². The fourth-order valence-electron chi connectivity index (χ4n) is 1.57. The molecule has 0 spiro atoms. The van der Waals surface area contributed by atoms with Gasteiger partial charge in [-0.3, -0.25) is 0 Å². The third-order valence-corrected chi connectivity index (χ3v) is 2.58. The fraction of sp³-hybridized carbons (Fsp3) is 0.231. The van der Waals surface area contributed by atoms with Gasteiger partial charge in [-0.15, -0.1) is 0 Å². The maximum atomic E-state index is 13.3. The van der Waals surface area contributed by atoms with Crippen molar-refractivity contribution in [3.05, 3.63) is 59.1 Å². The summed E-state index contributed by atoms with van der Waals surface area (Å²) >= 11 is 0. The SMILES string of the molecule is Cc1ccoc1CNCc1cc(F)ccc1F. The molecule has 0 aliphatic rings. The predicted octanol–water partition coefficient (Wildman–Crippen LogP) is 3.16. The van der Waals surface area contributed by atoms with Crippen molar-refractivity contribution in [1.82, 2.24) is 5.32 Å². The van der Waals surface area contributed by atoms with E-state index in [9.17, 15) is 8.78 Å². The van der Waals surface area contributed by atoms with Gasteiger partial charge < -0.3 is 9.73 Å². The predicted molar refractivity (Wildman–Crippen MR) is 60.3 cm³/mol. The van der Waals surface area contributed by atoms with Crippen molar-refractivity contribution < 1.29 is 13.2 Å². The quantitative estimate of drug-likeness (QED) is 0.883. The normalized spacial score (nSPS) is 10.8. The molecule has 1 aromatic heterocycles. The summed E-state index contributed by atoms with van der Waals surface area (Å²) in [5.41, 5.74) is 1.35. The summed E-state index contributed by atoms with van der Waals surface area (Å²) in [6.07, 6.45) is 1.61. The average molecular weight is 237 g/mol. The Balaban J connectivity index is 1.94. The minimum Gasteiger partial charge on any atom is -0.468 e. The smallest absolute Gasteiger partial charge is 0.127 e. The number of hydrogen-bond acceptors (Lipinski definition) is 2. The Morgan fingerprint density at radius 2 is 2.00 bits per heavy atom. The van der Waals surface area contributed by atoms with Crippen LogP contribution in [0, 0.1) is 18.6 Å². The summed E-state index contributed by atoms with van der Waals surface area (Å²) in [5.74, 6) is -0.0331. The van der Waals surface area contributed by atoms with E-state index >= 15 is 0 Å². The third kappa shape index (κ3) is 2.91. The van der Waals surface area contributed by atoms with E-state index in [2.05, 4.69) is 5.32 Å². The van der Waals surface area contributed by atoms with Crippen molar-refractivity contribution in [1.29, 1.82) is 0 Å². The Bertz CT molecular complexity index is 508. The highest BCUT2D eigenvalue weighted by atomic mass is 19.1. The molecular weight excluding hydrogens is 224 g/mol. The molecule has 0 aliphatic carbocycles. The van der Waals surface area contributed by atoms with E-state index in [0.717, 1.165) is 23.5 Å². The first-order valence-electron chi connectivity index (χ1n) is 5.34. The van der Waals surface area contributed by atoms with Gasteiger partial charge in [0.25, 0.3) is 0 Å². The molecule has 2 aromatic rings. The van der Waals surface area contributed by atoms with Gasteiger partial charge >= 0.3 is 0 Å². The van der Waals surface area contributed by atoms with Gasteiger partial charge in [-0.25, -0.2) is 8.78 Å². The summed E-state index contributed by atoms with van der Waals surface area (Å²) in [6, 6.07) is 5.29. The van der Waals surface area contributed by atoms with Crippen LogP contribution in [0.4, 0.5) is 8.78 Å². The Morgan fingerprint density at radius 3 is 2.71 bits per heavy atom. The number of furan rings is 1. The minimum absolute atomic E-state index is 0.268. The summed E-state index contributed by atoms with van der Waals surface area (Å²) in [6.45, 7) is 2.70. The molecule has 0 atom stereocenters. The molecule has 0 aliphatic heterocycles. The van der Waals surface area contributed by atoms with Crippen molar-refractivity contribution in [2.24, 2.45) is 0 Å². The number of nitrogens with one attached hydrogen (secondary N) is 1. The molecule has 0 fully saturated rings. The van der Waals surface area contributed by atoms with Gasteiger partial charge in [-0.1, -0.05) is 0 Å². The Hall–Kier alpha value is -1.68. The van der Waals surface area contributed by atoms with E-state index in [-0.39, 0.29) is 6.54 Å². The highest BCUT2D eigenvalue weighted by Crippen LogP contribution is 2.11. The lowest BCUT2D eigenvalue weighted by molar-refractivity contribution is 0.476. The largest absolute Gasteiger partial charge is 0.468 e. The summed E-state index contributed by atoms with van der Waals surface area (Å²) in [7, 11) is 0. The van der Waals surface area contributed by atoms with Gasteiger partial charge in [0.05, 0.1) is 12.8 Å². The number of hydrogen-bond donors (Lipinski definition) is 1. The van der Waals surface area contributed by atoms with Gasteiger partial charge in [0.2, 0.25) is 0 Å². The lowest BCUT2D eigenvalue weighted by atomic mass is 10.2. The molecule has 2 nitrogen and oxygen atoms in total. The van der Waals surface area contributed by atoms with Crippen LogP contribution in [-0.4, -0.2) is 0 Å². The average Bonchev–Trinajstić information content (AvgIpc) is 2.70. The molecule has 0 bridgehead atoms. The first-order valence-corrected chi connectivity index (χ1v) is 5.34. The molecule has 0 radical (unpaired) electrons. The van der Waals surface area contributed by atoms with E-state index in [1.54, 1.807) is 6.26 Å². The maximum absolute atomic E-state index is 13.3. The van der Waals surface area contributed by atoms with Crippen LogP contribution in [0.3, 0.4) is 0 Å². The van der Waals surface area contributed by atoms with Crippen LogP contribution < -0.4 is 5.32 Å². The second kappa shape index (κ2) is 5.10.